The van der Waals surface area contributed by atoms with E-state index < -0.39 is 0 Å². The molecular formula is C14H28N2O3. The molecular weight excluding hydrogens is 244 g/mol. The Kier molecular flexibility index (Phi) is 6.75. The van der Waals surface area contributed by atoms with Crippen molar-refractivity contribution in [3.05, 3.63) is 0 Å². The minimum Gasteiger partial charge on any atom is -0.381 e. The molecule has 0 saturated carbocycles. The molecule has 1 saturated heterocycles. The highest BCUT2D eigenvalue weighted by Crippen LogP contribution is 2.15. The minimum absolute atomic E-state index is 0.0357. The van der Waals surface area contributed by atoms with Crippen LogP contribution in [0.15, 0.2) is 0 Å². The van der Waals surface area contributed by atoms with Gasteiger partial charge < -0.3 is 20.1 Å². The van der Waals surface area contributed by atoms with Crippen molar-refractivity contribution in [2.75, 3.05) is 40.0 Å². The Morgan fingerprint density at radius 3 is 2.63 bits per heavy atom. The number of amides is 1. The lowest BCUT2D eigenvalue weighted by Gasteiger charge is -2.29. The monoisotopic (exact) mass is 272 g/mol. The number of carbonyl (C=O) groups excluding carboxylic acids is 1. The zero-order chi connectivity index (χ0) is 14.3. The number of hydrogen-bond donors (Lipinski definition) is 1. The van der Waals surface area contributed by atoms with Crippen molar-refractivity contribution in [3.8, 4) is 0 Å². The van der Waals surface area contributed by atoms with Crippen LogP contribution in [-0.2, 0) is 14.3 Å². The summed E-state index contributed by atoms with van der Waals surface area (Å²) >= 11 is 0. The SMILES string of the molecule is CN(CC(C)(C)CN)C(=O)CCOC1CCOCC1. The second kappa shape index (κ2) is 7.82. The number of ether oxygens (including phenoxy) is 2. The largest absolute Gasteiger partial charge is 0.381 e. The summed E-state index contributed by atoms with van der Waals surface area (Å²) in [5.41, 5.74) is 5.64. The molecule has 5 heteroatoms. The fourth-order valence-electron chi connectivity index (χ4n) is 2.14. The van der Waals surface area contributed by atoms with Crippen molar-refractivity contribution in [2.45, 2.75) is 39.2 Å². The number of nitrogens with zero attached hydrogens (tertiary/aromatic N) is 1. The van der Waals surface area contributed by atoms with Crippen LogP contribution < -0.4 is 5.73 Å². The van der Waals surface area contributed by atoms with Crippen LogP contribution in [0, 0.1) is 5.41 Å². The van der Waals surface area contributed by atoms with Gasteiger partial charge in [0.1, 0.15) is 0 Å². The topological polar surface area (TPSA) is 64.8 Å². The molecule has 5 nitrogen and oxygen atoms in total. The highest BCUT2D eigenvalue weighted by atomic mass is 16.5. The molecule has 0 radical (unpaired) electrons. The van der Waals surface area contributed by atoms with Crippen molar-refractivity contribution in [2.24, 2.45) is 11.1 Å². The lowest BCUT2D eigenvalue weighted by molar-refractivity contribution is -0.133. The summed E-state index contributed by atoms with van der Waals surface area (Å²) < 4.78 is 11.0. The molecule has 0 aromatic heterocycles. The van der Waals surface area contributed by atoms with Gasteiger partial charge in [0.2, 0.25) is 5.91 Å². The Morgan fingerprint density at radius 1 is 1.42 bits per heavy atom. The summed E-state index contributed by atoms with van der Waals surface area (Å²) in [4.78, 5) is 13.7. The predicted molar refractivity (Wildman–Crippen MR) is 74.9 cm³/mol. The molecule has 1 heterocycles. The Labute approximate surface area is 116 Å². The molecule has 0 bridgehead atoms. The normalized spacial score (nSPS) is 17.5. The Bertz CT molecular complexity index is 276. The third-order valence-electron chi connectivity index (χ3n) is 3.48. The first-order chi connectivity index (χ1) is 8.94. The van der Waals surface area contributed by atoms with Gasteiger partial charge in [-0.15, -0.1) is 0 Å². The Morgan fingerprint density at radius 2 is 2.05 bits per heavy atom. The molecule has 0 atom stereocenters. The van der Waals surface area contributed by atoms with E-state index in [4.69, 9.17) is 15.2 Å². The van der Waals surface area contributed by atoms with Crippen molar-refractivity contribution in [3.63, 3.8) is 0 Å². The van der Waals surface area contributed by atoms with E-state index in [1.807, 2.05) is 7.05 Å². The first-order valence-electron chi connectivity index (χ1n) is 7.08. The van der Waals surface area contributed by atoms with Crippen molar-refractivity contribution in [1.29, 1.82) is 0 Å². The van der Waals surface area contributed by atoms with Crippen molar-refractivity contribution < 1.29 is 14.3 Å². The number of hydrogen-bond acceptors (Lipinski definition) is 4. The lowest BCUT2D eigenvalue weighted by atomic mass is 9.93. The van der Waals surface area contributed by atoms with Gasteiger partial charge in [-0.05, 0) is 24.8 Å². The van der Waals surface area contributed by atoms with Crippen LogP contribution in [0.2, 0.25) is 0 Å². The molecule has 0 spiro atoms. The maximum atomic E-state index is 12.0. The fourth-order valence-corrected chi connectivity index (χ4v) is 2.14. The van der Waals surface area contributed by atoms with Crippen LogP contribution in [0.5, 0.6) is 0 Å². The van der Waals surface area contributed by atoms with Gasteiger partial charge in [-0.3, -0.25) is 4.79 Å². The molecule has 1 aliphatic heterocycles. The lowest BCUT2D eigenvalue weighted by Crippen LogP contribution is -2.40. The van der Waals surface area contributed by atoms with Gasteiger partial charge in [-0.1, -0.05) is 13.8 Å². The van der Waals surface area contributed by atoms with Crippen LogP contribution in [-0.4, -0.2) is 56.9 Å². The van der Waals surface area contributed by atoms with Gasteiger partial charge in [0.25, 0.3) is 0 Å². The summed E-state index contributed by atoms with van der Waals surface area (Å²) in [6.07, 6.45) is 2.57. The summed E-state index contributed by atoms with van der Waals surface area (Å²) in [6.45, 7) is 7.41. The van der Waals surface area contributed by atoms with Gasteiger partial charge in [0.05, 0.1) is 19.1 Å². The van der Waals surface area contributed by atoms with E-state index >= 15 is 0 Å². The average molecular weight is 272 g/mol. The van der Waals surface area contributed by atoms with Crippen LogP contribution in [0.4, 0.5) is 0 Å². The quantitative estimate of drug-likeness (QED) is 0.751. The molecule has 0 unspecified atom stereocenters. The molecule has 1 fully saturated rings. The molecule has 0 aromatic carbocycles. The Balaban J connectivity index is 2.19. The summed E-state index contributed by atoms with van der Waals surface area (Å²) in [5.74, 6) is 0.119. The van der Waals surface area contributed by atoms with Crippen molar-refractivity contribution in [1.82, 2.24) is 4.90 Å². The van der Waals surface area contributed by atoms with E-state index in [0.29, 0.717) is 26.1 Å². The zero-order valence-electron chi connectivity index (χ0n) is 12.5. The van der Waals surface area contributed by atoms with E-state index in [-0.39, 0.29) is 17.4 Å². The zero-order valence-corrected chi connectivity index (χ0v) is 12.5. The van der Waals surface area contributed by atoms with Gasteiger partial charge >= 0.3 is 0 Å². The third kappa shape index (κ3) is 6.36. The molecule has 1 rings (SSSR count). The van der Waals surface area contributed by atoms with E-state index in [0.717, 1.165) is 26.1 Å². The number of carbonyl (C=O) groups is 1. The highest BCUT2D eigenvalue weighted by molar-refractivity contribution is 5.76. The van der Waals surface area contributed by atoms with E-state index in [9.17, 15) is 4.79 Å². The van der Waals surface area contributed by atoms with Crippen LogP contribution in [0.3, 0.4) is 0 Å². The number of nitrogens with two attached hydrogens (primary N) is 1. The maximum absolute atomic E-state index is 12.0. The van der Waals surface area contributed by atoms with Gasteiger partial charge in [0, 0.05) is 26.8 Å². The minimum atomic E-state index is -0.0357. The van der Waals surface area contributed by atoms with E-state index in [1.165, 1.54) is 0 Å². The highest BCUT2D eigenvalue weighted by Gasteiger charge is 2.21. The third-order valence-corrected chi connectivity index (χ3v) is 3.48. The summed E-state index contributed by atoms with van der Waals surface area (Å²) in [5, 5.41) is 0. The molecule has 2 N–H and O–H groups in total. The summed E-state index contributed by atoms with van der Waals surface area (Å²) in [7, 11) is 1.83. The van der Waals surface area contributed by atoms with E-state index in [2.05, 4.69) is 13.8 Å². The maximum Gasteiger partial charge on any atom is 0.224 e. The van der Waals surface area contributed by atoms with Gasteiger partial charge in [0.15, 0.2) is 0 Å². The first kappa shape index (κ1) is 16.4. The second-order valence-electron chi connectivity index (χ2n) is 6.05. The molecule has 0 aliphatic carbocycles. The molecule has 1 aliphatic rings. The number of rotatable bonds is 7. The van der Waals surface area contributed by atoms with Crippen LogP contribution in [0.25, 0.3) is 0 Å². The van der Waals surface area contributed by atoms with Gasteiger partial charge in [-0.25, -0.2) is 0 Å². The predicted octanol–water partition coefficient (Wildman–Crippen LogP) is 1.02. The van der Waals surface area contributed by atoms with Crippen LogP contribution >= 0.6 is 0 Å². The smallest absolute Gasteiger partial charge is 0.224 e. The first-order valence-corrected chi connectivity index (χ1v) is 7.08. The standard InChI is InChI=1S/C14H28N2O3/c1-14(2,10-15)11-16(3)13(17)6-9-19-12-4-7-18-8-5-12/h12H,4-11,15H2,1-3H3. The molecule has 1 amide bonds. The molecule has 112 valence electrons. The molecule has 19 heavy (non-hydrogen) atoms. The van der Waals surface area contributed by atoms with Crippen LogP contribution in [0.1, 0.15) is 33.1 Å². The summed E-state index contributed by atoms with van der Waals surface area (Å²) in [6, 6.07) is 0. The average Bonchev–Trinajstić information content (AvgIpc) is 2.39. The van der Waals surface area contributed by atoms with Gasteiger partial charge in [-0.2, -0.15) is 0 Å². The van der Waals surface area contributed by atoms with E-state index in [1.54, 1.807) is 4.90 Å². The molecule has 0 aromatic rings. The second-order valence-corrected chi connectivity index (χ2v) is 6.05. The fraction of sp³-hybridized carbons (Fsp3) is 0.929. The Hall–Kier alpha value is -0.650. The van der Waals surface area contributed by atoms with Crippen molar-refractivity contribution >= 4 is 5.91 Å².